The number of β-lactam (4-membered cyclic amide) rings is 1. The highest BCUT2D eigenvalue weighted by Crippen LogP contribution is 2.41. The fourth-order valence-corrected chi connectivity index (χ4v) is 6.36. The number of carbonyl (C=O) groups is 3. The molecule has 2 unspecified atom stereocenters. The molecule has 0 aromatic carbocycles. The van der Waals surface area contributed by atoms with Crippen molar-refractivity contribution in [3.8, 4) is 0 Å². The van der Waals surface area contributed by atoms with Crippen LogP contribution in [0.2, 0.25) is 0 Å². The van der Waals surface area contributed by atoms with Crippen LogP contribution in [0.15, 0.2) is 39.6 Å². The molecule has 5 N–H and O–H groups in total. The molecular formula is C19H22ClN9O6S3. The van der Waals surface area contributed by atoms with E-state index in [1.165, 1.54) is 38.5 Å². The number of rotatable bonds is 12. The summed E-state index contributed by atoms with van der Waals surface area (Å²) in [4.78, 5) is 48.2. The Morgan fingerprint density at radius 1 is 1.45 bits per heavy atom. The maximum Gasteiger partial charge on any atom is 0.352 e. The average molecular weight is 604 g/mol. The molecule has 0 radical (unpaired) electrons. The number of aliphatic hydroxyl groups excluding tert-OH is 1. The second-order valence-electron chi connectivity index (χ2n) is 7.41. The summed E-state index contributed by atoms with van der Waals surface area (Å²) in [7, 11) is 0. The summed E-state index contributed by atoms with van der Waals surface area (Å²) in [6.45, 7) is 3.57. The summed E-state index contributed by atoms with van der Waals surface area (Å²) >= 11 is 3.66. The Labute approximate surface area is 234 Å². The fraction of sp³-hybridized carbons (Fsp3) is 0.368. The maximum atomic E-state index is 13.0. The van der Waals surface area contributed by atoms with Crippen molar-refractivity contribution in [1.82, 2.24) is 35.4 Å². The number of fused-ring (bicyclic) bond motifs is 1. The Kier molecular flexibility index (Phi) is 10.1. The summed E-state index contributed by atoms with van der Waals surface area (Å²) in [5.41, 5.74) is 5.97. The molecule has 2 amide bonds. The topological polar surface area (TPSA) is 211 Å². The molecule has 4 rings (SSSR count). The van der Waals surface area contributed by atoms with Crippen LogP contribution in [0.5, 0.6) is 0 Å². The van der Waals surface area contributed by atoms with Gasteiger partial charge in [0.05, 0.1) is 13.2 Å². The first kappa shape index (κ1) is 29.4. The van der Waals surface area contributed by atoms with E-state index in [9.17, 15) is 19.5 Å². The van der Waals surface area contributed by atoms with Gasteiger partial charge in [-0.15, -0.1) is 47.2 Å². The maximum absolute atomic E-state index is 13.0. The zero-order valence-electron chi connectivity index (χ0n) is 19.4. The van der Waals surface area contributed by atoms with Gasteiger partial charge in [-0.05, 0) is 16.0 Å². The number of carboxylic acid groups (broad SMARTS) is 1. The molecule has 2 aromatic rings. The second-order valence-corrected chi connectivity index (χ2v) is 10.3. The lowest BCUT2D eigenvalue weighted by atomic mass is 10.0. The van der Waals surface area contributed by atoms with E-state index in [1.54, 1.807) is 6.08 Å². The van der Waals surface area contributed by atoms with E-state index in [-0.39, 0.29) is 53.6 Å². The molecule has 38 heavy (non-hydrogen) atoms. The summed E-state index contributed by atoms with van der Waals surface area (Å²) in [5.74, 6) is -2.00. The number of amides is 2. The number of aliphatic hydroxyl groups is 1. The molecule has 2 atom stereocenters. The first-order valence-corrected chi connectivity index (χ1v) is 13.5. The number of aliphatic carboxylic acids is 1. The number of hydrogen-bond donors (Lipinski definition) is 4. The number of allylic oxidation sites excluding steroid dienone is 1. The van der Waals surface area contributed by atoms with Crippen LogP contribution < -0.4 is 11.1 Å². The first-order valence-electron chi connectivity index (χ1n) is 10.6. The quantitative estimate of drug-likeness (QED) is 0.0606. The van der Waals surface area contributed by atoms with Crippen molar-refractivity contribution in [2.45, 2.75) is 23.1 Å². The van der Waals surface area contributed by atoms with Gasteiger partial charge in [-0.25, -0.2) is 14.5 Å². The Bertz CT molecular complexity index is 1280. The standard InChI is InChI=1S/C19H21N9O6S3.ClH/c1-2-3-27-19(23-25-26-27)37-7-9-6-35-16-12(15(31)28(16)13(9)17(32)33)22-14(30)11(24-34-5-4-29)10-8-36-18(20)21-10;/h2,8,12,16,29H,1,3-7H2,(H2,20,21)(H,22,30)(H,32,33);1H/b24-11+;. The third-order valence-corrected chi connectivity index (χ3v) is 8.09. The van der Waals surface area contributed by atoms with Crippen LogP contribution in [0, 0.1) is 0 Å². The van der Waals surface area contributed by atoms with E-state index >= 15 is 0 Å². The van der Waals surface area contributed by atoms with Gasteiger partial charge >= 0.3 is 5.97 Å². The second kappa shape index (κ2) is 13.1. The van der Waals surface area contributed by atoms with Crippen LogP contribution >= 0.6 is 47.3 Å². The number of tetrazole rings is 1. The largest absolute Gasteiger partial charge is 0.477 e. The van der Waals surface area contributed by atoms with Gasteiger partial charge in [0.15, 0.2) is 10.8 Å². The Balaban J connectivity index is 0.00000400. The molecule has 2 aliphatic rings. The van der Waals surface area contributed by atoms with Crippen molar-refractivity contribution < 1.29 is 29.4 Å². The van der Waals surface area contributed by atoms with E-state index in [4.69, 9.17) is 15.7 Å². The molecule has 1 fully saturated rings. The van der Waals surface area contributed by atoms with Crippen molar-refractivity contribution in [1.29, 1.82) is 0 Å². The van der Waals surface area contributed by atoms with Crippen molar-refractivity contribution in [3.63, 3.8) is 0 Å². The normalized spacial score (nSPS) is 18.8. The Morgan fingerprint density at radius 2 is 2.24 bits per heavy atom. The molecule has 15 nitrogen and oxygen atoms in total. The minimum atomic E-state index is -1.25. The van der Waals surface area contributed by atoms with Crippen LogP contribution in [0.25, 0.3) is 0 Å². The van der Waals surface area contributed by atoms with Gasteiger partial charge in [0.2, 0.25) is 5.16 Å². The van der Waals surface area contributed by atoms with E-state index in [2.05, 4.69) is 37.6 Å². The van der Waals surface area contributed by atoms with Gasteiger partial charge in [-0.1, -0.05) is 23.0 Å². The van der Waals surface area contributed by atoms with Crippen LogP contribution in [-0.2, 0) is 25.8 Å². The number of oxime groups is 1. The molecule has 2 aliphatic heterocycles. The van der Waals surface area contributed by atoms with E-state index in [0.29, 0.717) is 23.0 Å². The fourth-order valence-electron chi connectivity index (χ4n) is 3.44. The molecule has 19 heteroatoms. The predicted octanol–water partition coefficient (Wildman–Crippen LogP) is -0.436. The highest BCUT2D eigenvalue weighted by molar-refractivity contribution is 8.01. The third-order valence-electron chi connectivity index (χ3n) is 5.03. The van der Waals surface area contributed by atoms with Crippen LogP contribution in [0.4, 0.5) is 5.13 Å². The first-order chi connectivity index (χ1) is 17.8. The minimum Gasteiger partial charge on any atom is -0.477 e. The third kappa shape index (κ3) is 6.09. The van der Waals surface area contributed by atoms with Gasteiger partial charge in [0, 0.05) is 16.9 Å². The number of nitrogens with one attached hydrogen (secondary N) is 1. The SMILES string of the molecule is C=CCn1nnnc1SCC1=C(C(=O)O)N2C(=O)C(NC(=O)/C(=N/OCCO)c3csc(N)n3)C2SC1.Cl. The number of carbonyl (C=O) groups excluding carboxylic acids is 2. The molecule has 0 saturated carbocycles. The lowest BCUT2D eigenvalue weighted by molar-refractivity contribution is -0.150. The molecule has 2 aromatic heterocycles. The van der Waals surface area contributed by atoms with Crippen LogP contribution in [0.3, 0.4) is 0 Å². The van der Waals surface area contributed by atoms with Gasteiger partial charge in [-0.2, -0.15) is 0 Å². The molecule has 1 saturated heterocycles. The number of carboxylic acids is 1. The van der Waals surface area contributed by atoms with E-state index in [0.717, 1.165) is 11.3 Å². The monoisotopic (exact) mass is 603 g/mol. The summed E-state index contributed by atoms with van der Waals surface area (Å²) < 4.78 is 1.52. The number of anilines is 1. The number of aromatic nitrogens is 5. The van der Waals surface area contributed by atoms with Crippen LogP contribution in [0.1, 0.15) is 5.69 Å². The zero-order chi connectivity index (χ0) is 26.5. The van der Waals surface area contributed by atoms with Gasteiger partial charge in [0.25, 0.3) is 11.8 Å². The highest BCUT2D eigenvalue weighted by Gasteiger charge is 2.54. The van der Waals surface area contributed by atoms with E-state index in [1.807, 2.05) is 0 Å². The average Bonchev–Trinajstić information content (AvgIpc) is 3.51. The summed E-state index contributed by atoms with van der Waals surface area (Å²) in [6.07, 6.45) is 1.63. The van der Waals surface area contributed by atoms with Crippen molar-refractivity contribution in [3.05, 3.63) is 35.0 Å². The molecule has 0 bridgehead atoms. The van der Waals surface area contributed by atoms with Gasteiger partial charge in [0.1, 0.15) is 29.4 Å². The number of nitrogens with zero attached hydrogens (tertiary/aromatic N) is 7. The Hall–Kier alpha value is -3.19. The van der Waals surface area contributed by atoms with Crippen molar-refractivity contribution >= 4 is 75.9 Å². The number of nitrogen functional groups attached to an aromatic ring is 1. The predicted molar refractivity (Wildman–Crippen MR) is 142 cm³/mol. The number of thiazole rings is 1. The van der Waals surface area contributed by atoms with Crippen molar-refractivity contribution in [2.24, 2.45) is 5.16 Å². The highest BCUT2D eigenvalue weighted by atomic mass is 35.5. The molecule has 204 valence electrons. The van der Waals surface area contributed by atoms with Crippen molar-refractivity contribution in [2.75, 3.05) is 30.5 Å². The summed E-state index contributed by atoms with van der Waals surface area (Å²) in [6, 6.07) is -0.986. The Morgan fingerprint density at radius 3 is 2.89 bits per heavy atom. The van der Waals surface area contributed by atoms with E-state index < -0.39 is 29.2 Å². The van der Waals surface area contributed by atoms with Gasteiger partial charge in [-0.3, -0.25) is 14.5 Å². The molecular weight excluding hydrogens is 582 g/mol. The lowest BCUT2D eigenvalue weighted by Gasteiger charge is -2.49. The molecule has 0 spiro atoms. The number of thioether (sulfide) groups is 2. The number of halogens is 1. The number of nitrogens with two attached hydrogens (primary N) is 1. The minimum absolute atomic E-state index is 0. The number of hydrogen-bond acceptors (Lipinski definition) is 14. The van der Waals surface area contributed by atoms with Gasteiger partial charge < -0.3 is 26.1 Å². The smallest absolute Gasteiger partial charge is 0.352 e. The summed E-state index contributed by atoms with van der Waals surface area (Å²) in [5, 5.41) is 38.1. The zero-order valence-corrected chi connectivity index (χ0v) is 22.7. The van der Waals surface area contributed by atoms with Crippen LogP contribution in [-0.4, -0.2) is 99.9 Å². The lowest BCUT2D eigenvalue weighted by Crippen LogP contribution is -2.71. The molecule has 4 heterocycles. The molecule has 0 aliphatic carbocycles.